The van der Waals surface area contributed by atoms with Crippen LogP contribution in [0.3, 0.4) is 0 Å². The predicted octanol–water partition coefficient (Wildman–Crippen LogP) is 5.27. The molecule has 1 N–H and O–H groups in total. The summed E-state index contributed by atoms with van der Waals surface area (Å²) < 4.78 is 39.1. The summed E-state index contributed by atoms with van der Waals surface area (Å²) in [5, 5.41) is 0. The minimum absolute atomic E-state index is 0.329. The van der Waals surface area contributed by atoms with E-state index in [1.807, 2.05) is 30.3 Å². The molecule has 4 nitrogen and oxygen atoms in total. The molecule has 1 aromatic heterocycles. The number of benzene rings is 3. The third-order valence-corrected chi connectivity index (χ3v) is 5.11. The van der Waals surface area contributed by atoms with Crippen molar-refractivity contribution in [2.75, 3.05) is 13.2 Å². The second-order valence-electron chi connectivity index (χ2n) is 7.00. The van der Waals surface area contributed by atoms with E-state index >= 15 is 0 Å². The first kappa shape index (κ1) is 18.7. The molecule has 0 unspecified atom stereocenters. The lowest BCUT2D eigenvalue weighted by atomic mass is 10.1. The normalized spacial score (nSPS) is 15.4. The molecule has 0 amide bonds. The van der Waals surface area contributed by atoms with Crippen molar-refractivity contribution in [3.05, 3.63) is 102 Å². The zero-order valence-electron chi connectivity index (χ0n) is 15.9. The van der Waals surface area contributed by atoms with E-state index in [1.165, 1.54) is 24.3 Å². The number of hydrogen-bond acceptors (Lipinski definition) is 3. The summed E-state index contributed by atoms with van der Waals surface area (Å²) in [6.45, 7) is 0.848. The minimum Gasteiger partial charge on any atom is -0.337 e. The van der Waals surface area contributed by atoms with Crippen LogP contribution in [0.25, 0.3) is 22.5 Å². The number of ether oxygens (including phenoxy) is 2. The van der Waals surface area contributed by atoms with Crippen LogP contribution in [0, 0.1) is 11.6 Å². The summed E-state index contributed by atoms with van der Waals surface area (Å²) >= 11 is 0. The summed E-state index contributed by atoms with van der Waals surface area (Å²) in [4.78, 5) is 8.15. The van der Waals surface area contributed by atoms with Crippen LogP contribution >= 0.6 is 0 Å². The van der Waals surface area contributed by atoms with E-state index in [1.54, 1.807) is 24.3 Å². The fourth-order valence-electron chi connectivity index (χ4n) is 3.68. The molecule has 0 aliphatic carbocycles. The van der Waals surface area contributed by atoms with Crippen molar-refractivity contribution in [3.63, 3.8) is 0 Å². The highest BCUT2D eigenvalue weighted by molar-refractivity contribution is 5.78. The minimum atomic E-state index is -1.17. The number of rotatable bonds is 4. The first-order valence-corrected chi connectivity index (χ1v) is 9.61. The fraction of sp³-hybridized carbons (Fsp3) is 0.125. The molecule has 30 heavy (non-hydrogen) atoms. The number of nitrogens with zero attached hydrogens (tertiary/aromatic N) is 1. The van der Waals surface area contributed by atoms with Gasteiger partial charge in [0.1, 0.15) is 11.6 Å². The number of H-pyrrole nitrogens is 1. The topological polar surface area (TPSA) is 47.1 Å². The van der Waals surface area contributed by atoms with Gasteiger partial charge in [-0.1, -0.05) is 30.3 Å². The SMILES string of the molecule is Fc1ccc(-c2nc(C3(c4ccccc4)OCCO3)[nH]c2-c2ccc(F)cc2)cc1. The summed E-state index contributed by atoms with van der Waals surface area (Å²) in [7, 11) is 0. The zero-order chi connectivity index (χ0) is 20.6. The number of hydrogen-bond donors (Lipinski definition) is 1. The van der Waals surface area contributed by atoms with E-state index in [-0.39, 0.29) is 11.6 Å². The van der Waals surface area contributed by atoms with E-state index in [0.29, 0.717) is 30.4 Å². The van der Waals surface area contributed by atoms with Crippen LogP contribution in [0.4, 0.5) is 8.78 Å². The van der Waals surface area contributed by atoms with E-state index in [2.05, 4.69) is 4.98 Å². The van der Waals surface area contributed by atoms with Gasteiger partial charge in [0, 0.05) is 16.7 Å². The monoisotopic (exact) mass is 404 g/mol. The van der Waals surface area contributed by atoms with Crippen molar-refractivity contribution < 1.29 is 18.3 Å². The zero-order valence-corrected chi connectivity index (χ0v) is 15.9. The van der Waals surface area contributed by atoms with Gasteiger partial charge >= 0.3 is 0 Å². The van der Waals surface area contributed by atoms with Gasteiger partial charge < -0.3 is 14.5 Å². The molecular weight excluding hydrogens is 386 g/mol. The number of nitrogens with one attached hydrogen (secondary N) is 1. The van der Waals surface area contributed by atoms with Gasteiger partial charge in [-0.25, -0.2) is 13.8 Å². The molecular formula is C24H18F2N2O2. The third kappa shape index (κ3) is 3.20. The Morgan fingerprint density at radius 1 is 0.733 bits per heavy atom. The van der Waals surface area contributed by atoms with Crippen molar-refractivity contribution in [1.82, 2.24) is 9.97 Å². The molecule has 0 spiro atoms. The van der Waals surface area contributed by atoms with Crippen molar-refractivity contribution in [2.45, 2.75) is 5.79 Å². The van der Waals surface area contributed by atoms with Crippen LogP contribution in [0.5, 0.6) is 0 Å². The van der Waals surface area contributed by atoms with Gasteiger partial charge in [0.15, 0.2) is 5.82 Å². The Kier molecular flexibility index (Phi) is 4.65. The molecule has 5 rings (SSSR count). The quantitative estimate of drug-likeness (QED) is 0.504. The molecule has 3 aromatic carbocycles. The largest absolute Gasteiger partial charge is 0.337 e. The Bertz CT molecular complexity index is 1090. The van der Waals surface area contributed by atoms with Gasteiger partial charge in [0.2, 0.25) is 0 Å². The van der Waals surface area contributed by atoms with Crippen LogP contribution in [-0.4, -0.2) is 23.2 Å². The molecule has 0 atom stereocenters. The Labute approximate surface area is 172 Å². The highest BCUT2D eigenvalue weighted by Gasteiger charge is 2.44. The highest BCUT2D eigenvalue weighted by atomic mass is 19.1. The maximum atomic E-state index is 13.5. The van der Waals surface area contributed by atoms with Crippen LogP contribution in [-0.2, 0) is 15.3 Å². The fourth-order valence-corrected chi connectivity index (χ4v) is 3.68. The molecule has 0 radical (unpaired) electrons. The summed E-state index contributed by atoms with van der Waals surface area (Å²) in [5.74, 6) is -1.36. The third-order valence-electron chi connectivity index (χ3n) is 5.11. The first-order valence-electron chi connectivity index (χ1n) is 9.61. The predicted molar refractivity (Wildman–Crippen MR) is 109 cm³/mol. The summed E-state index contributed by atoms with van der Waals surface area (Å²) in [5.41, 5.74) is 3.56. The molecule has 1 aliphatic heterocycles. The number of halogens is 2. The number of aromatic nitrogens is 2. The van der Waals surface area contributed by atoms with Gasteiger partial charge in [-0.2, -0.15) is 0 Å². The standard InChI is InChI=1S/C24H18F2N2O2/c25-19-10-6-16(7-11-19)21-22(17-8-12-20(26)13-9-17)28-23(27-21)24(29-14-15-30-24)18-4-2-1-3-5-18/h1-13H,14-15H2,(H,27,28). The number of aromatic amines is 1. The van der Waals surface area contributed by atoms with Gasteiger partial charge in [0.05, 0.1) is 24.6 Å². The van der Waals surface area contributed by atoms with E-state index in [0.717, 1.165) is 16.7 Å². The van der Waals surface area contributed by atoms with Crippen molar-refractivity contribution >= 4 is 0 Å². The average Bonchev–Trinajstić information content (AvgIpc) is 3.44. The van der Waals surface area contributed by atoms with Gasteiger partial charge in [0.25, 0.3) is 5.79 Å². The molecule has 1 aliphatic rings. The molecule has 4 aromatic rings. The lowest BCUT2D eigenvalue weighted by molar-refractivity contribution is -0.135. The molecule has 0 bridgehead atoms. The lowest BCUT2D eigenvalue weighted by Crippen LogP contribution is -2.30. The molecule has 1 fully saturated rings. The smallest absolute Gasteiger partial charge is 0.256 e. The second-order valence-corrected chi connectivity index (χ2v) is 7.00. The molecule has 150 valence electrons. The molecule has 2 heterocycles. The maximum absolute atomic E-state index is 13.5. The van der Waals surface area contributed by atoms with E-state index < -0.39 is 5.79 Å². The van der Waals surface area contributed by atoms with Crippen LogP contribution in [0.1, 0.15) is 11.4 Å². The average molecular weight is 404 g/mol. The van der Waals surface area contributed by atoms with Crippen LogP contribution < -0.4 is 0 Å². The molecule has 0 saturated carbocycles. The van der Waals surface area contributed by atoms with E-state index in [4.69, 9.17) is 14.5 Å². The van der Waals surface area contributed by atoms with Crippen molar-refractivity contribution in [1.29, 1.82) is 0 Å². The maximum Gasteiger partial charge on any atom is 0.256 e. The summed E-state index contributed by atoms with van der Waals surface area (Å²) in [6, 6.07) is 21.8. The first-order chi connectivity index (χ1) is 14.7. The van der Waals surface area contributed by atoms with Crippen LogP contribution in [0.15, 0.2) is 78.9 Å². The Morgan fingerprint density at radius 2 is 1.30 bits per heavy atom. The summed E-state index contributed by atoms with van der Waals surface area (Å²) in [6.07, 6.45) is 0. The Hall–Kier alpha value is -3.35. The molecule has 6 heteroatoms. The second kappa shape index (κ2) is 7.48. The lowest BCUT2D eigenvalue weighted by Gasteiger charge is -2.25. The van der Waals surface area contributed by atoms with E-state index in [9.17, 15) is 8.78 Å². The van der Waals surface area contributed by atoms with Crippen LogP contribution in [0.2, 0.25) is 0 Å². The van der Waals surface area contributed by atoms with Crippen molar-refractivity contribution in [2.24, 2.45) is 0 Å². The van der Waals surface area contributed by atoms with Gasteiger partial charge in [-0.15, -0.1) is 0 Å². The van der Waals surface area contributed by atoms with Gasteiger partial charge in [-0.3, -0.25) is 0 Å². The number of imidazole rings is 1. The van der Waals surface area contributed by atoms with Crippen molar-refractivity contribution in [3.8, 4) is 22.5 Å². The highest BCUT2D eigenvalue weighted by Crippen LogP contribution is 2.40. The van der Waals surface area contributed by atoms with Gasteiger partial charge in [-0.05, 0) is 48.5 Å². The Balaban J connectivity index is 1.71. The molecule has 1 saturated heterocycles. The Morgan fingerprint density at radius 3 is 1.90 bits per heavy atom.